The fourth-order valence-electron chi connectivity index (χ4n) is 2.99. The van der Waals surface area contributed by atoms with Gasteiger partial charge in [-0.15, -0.1) is 0 Å². The maximum Gasteiger partial charge on any atom is 0.264 e. The Labute approximate surface area is 171 Å². The first kappa shape index (κ1) is 18.5. The second-order valence-corrected chi connectivity index (χ2v) is 7.25. The zero-order chi connectivity index (χ0) is 19.7. The van der Waals surface area contributed by atoms with Crippen molar-refractivity contribution < 1.29 is 4.74 Å². The van der Waals surface area contributed by atoms with Gasteiger partial charge in [0.05, 0.1) is 12.8 Å². The molecule has 2 aromatic heterocycles. The molecule has 0 aliphatic heterocycles. The third kappa shape index (κ3) is 3.37. The lowest BCUT2D eigenvalue weighted by Crippen LogP contribution is -2.21. The van der Waals surface area contributed by atoms with Crippen LogP contribution in [0.15, 0.2) is 70.7 Å². The fraction of sp³-hybridized carbons (Fsp3) is 0.0952. The number of benzene rings is 2. The van der Waals surface area contributed by atoms with Crippen molar-refractivity contribution in [2.75, 3.05) is 13.4 Å². The second kappa shape index (κ2) is 7.66. The van der Waals surface area contributed by atoms with E-state index in [0.29, 0.717) is 27.1 Å². The van der Waals surface area contributed by atoms with Gasteiger partial charge in [-0.3, -0.25) is 9.36 Å². The highest BCUT2D eigenvalue weighted by Gasteiger charge is 2.15. The normalized spacial score (nSPS) is 11.0. The average Bonchev–Trinajstić information content (AvgIpc) is 2.74. The summed E-state index contributed by atoms with van der Waals surface area (Å²) in [6.07, 6.45) is 3.64. The molecule has 5 nitrogen and oxygen atoms in total. The lowest BCUT2D eigenvalue weighted by molar-refractivity contribution is 0.415. The van der Waals surface area contributed by atoms with Crippen molar-refractivity contribution in [1.82, 2.24) is 14.5 Å². The van der Waals surface area contributed by atoms with Gasteiger partial charge in [0.15, 0.2) is 10.8 Å². The maximum absolute atomic E-state index is 13.5. The highest BCUT2D eigenvalue weighted by atomic mass is 35.5. The van der Waals surface area contributed by atoms with Gasteiger partial charge in [-0.2, -0.15) is 0 Å². The molecule has 4 rings (SSSR count). The van der Waals surface area contributed by atoms with Crippen molar-refractivity contribution in [1.29, 1.82) is 0 Å². The molecule has 7 heteroatoms. The Morgan fingerprint density at radius 3 is 2.43 bits per heavy atom. The summed E-state index contributed by atoms with van der Waals surface area (Å²) in [4.78, 5) is 22.4. The van der Waals surface area contributed by atoms with Crippen LogP contribution in [-0.4, -0.2) is 27.9 Å². The Morgan fingerprint density at radius 1 is 1.07 bits per heavy atom. The molecule has 2 aromatic carbocycles. The smallest absolute Gasteiger partial charge is 0.264 e. The zero-order valence-electron chi connectivity index (χ0n) is 15.2. The zero-order valence-corrected chi connectivity index (χ0v) is 16.8. The number of hydrogen-bond acceptors (Lipinski definition) is 5. The molecule has 0 saturated heterocycles. The number of ether oxygens (including phenoxy) is 1. The number of methoxy groups -OCH3 is 1. The van der Waals surface area contributed by atoms with Crippen molar-refractivity contribution in [2.45, 2.75) is 5.16 Å². The highest BCUT2D eigenvalue weighted by molar-refractivity contribution is 7.98. The Morgan fingerprint density at radius 2 is 1.79 bits per heavy atom. The minimum atomic E-state index is -0.161. The van der Waals surface area contributed by atoms with Crippen molar-refractivity contribution in [2.24, 2.45) is 0 Å². The Balaban J connectivity index is 2.03. The van der Waals surface area contributed by atoms with Crippen LogP contribution in [0.3, 0.4) is 0 Å². The van der Waals surface area contributed by atoms with Crippen LogP contribution >= 0.6 is 23.4 Å². The molecule has 0 fully saturated rings. The molecule has 0 aliphatic carbocycles. The molecule has 28 heavy (non-hydrogen) atoms. The molecule has 4 aromatic rings. The summed E-state index contributed by atoms with van der Waals surface area (Å²) in [6.45, 7) is 0. The SMILES string of the molecule is COc1ccc(-c2cc3cnc(SC)nc3n(-c3ccc(Cl)cc3)c2=O)cc1. The monoisotopic (exact) mass is 409 g/mol. The molecule has 2 heterocycles. The molecule has 0 radical (unpaired) electrons. The number of aromatic nitrogens is 3. The van der Waals surface area contributed by atoms with Crippen LogP contribution in [0.2, 0.25) is 5.02 Å². The lowest BCUT2D eigenvalue weighted by Gasteiger charge is -2.13. The van der Waals surface area contributed by atoms with Gasteiger partial charge in [0.2, 0.25) is 0 Å². The molecule has 0 N–H and O–H groups in total. The first-order chi connectivity index (χ1) is 13.6. The molecule has 0 atom stereocenters. The summed E-state index contributed by atoms with van der Waals surface area (Å²) in [6, 6.07) is 16.4. The largest absolute Gasteiger partial charge is 0.497 e. The first-order valence-electron chi connectivity index (χ1n) is 8.48. The summed E-state index contributed by atoms with van der Waals surface area (Å²) >= 11 is 7.46. The quantitative estimate of drug-likeness (QED) is 0.357. The summed E-state index contributed by atoms with van der Waals surface area (Å²) in [5.41, 5.74) is 2.45. The van der Waals surface area contributed by atoms with Gasteiger partial charge in [0, 0.05) is 22.2 Å². The molecule has 0 spiro atoms. The van der Waals surface area contributed by atoms with Crippen LogP contribution in [0, 0.1) is 0 Å². The van der Waals surface area contributed by atoms with E-state index >= 15 is 0 Å². The topological polar surface area (TPSA) is 57.0 Å². The number of pyridine rings is 1. The standard InChI is InChI=1S/C21H16ClN3O2S/c1-27-17-9-3-13(4-10-17)18-11-14-12-23-21(28-2)24-19(14)25(20(18)26)16-7-5-15(22)6-8-16/h3-12H,1-2H3. The minimum absolute atomic E-state index is 0.161. The molecular formula is C21H16ClN3O2S. The van der Waals surface area contributed by atoms with Crippen LogP contribution in [0.25, 0.3) is 27.8 Å². The molecule has 140 valence electrons. The summed E-state index contributed by atoms with van der Waals surface area (Å²) in [5.74, 6) is 0.732. The lowest BCUT2D eigenvalue weighted by atomic mass is 10.1. The van der Waals surface area contributed by atoms with Crippen LogP contribution in [-0.2, 0) is 0 Å². The van der Waals surface area contributed by atoms with E-state index in [0.717, 1.165) is 16.7 Å². The van der Waals surface area contributed by atoms with Crippen molar-refractivity contribution in [3.8, 4) is 22.6 Å². The Bertz CT molecular complexity index is 1210. The van der Waals surface area contributed by atoms with Crippen molar-refractivity contribution in [3.63, 3.8) is 0 Å². The Hall–Kier alpha value is -2.83. The third-order valence-corrected chi connectivity index (χ3v) is 5.20. The predicted octanol–water partition coefficient (Wildman–Crippen LogP) is 4.83. The van der Waals surface area contributed by atoms with E-state index in [4.69, 9.17) is 16.3 Å². The van der Waals surface area contributed by atoms with Gasteiger partial charge in [-0.05, 0) is 54.3 Å². The average molecular weight is 410 g/mol. The van der Waals surface area contributed by atoms with Gasteiger partial charge >= 0.3 is 0 Å². The van der Waals surface area contributed by atoms with E-state index in [1.807, 2.05) is 48.7 Å². The highest BCUT2D eigenvalue weighted by Crippen LogP contribution is 2.25. The van der Waals surface area contributed by atoms with Crippen molar-refractivity contribution in [3.05, 3.63) is 76.2 Å². The summed E-state index contributed by atoms with van der Waals surface area (Å²) < 4.78 is 6.82. The van der Waals surface area contributed by atoms with Gasteiger partial charge in [-0.1, -0.05) is 35.5 Å². The van der Waals surface area contributed by atoms with Gasteiger partial charge < -0.3 is 4.74 Å². The van der Waals surface area contributed by atoms with Gasteiger partial charge in [-0.25, -0.2) is 9.97 Å². The van der Waals surface area contributed by atoms with Gasteiger partial charge in [0.1, 0.15) is 5.75 Å². The molecular weight excluding hydrogens is 394 g/mol. The molecule has 0 bridgehead atoms. The van der Waals surface area contributed by atoms with E-state index < -0.39 is 0 Å². The number of hydrogen-bond donors (Lipinski definition) is 0. The van der Waals surface area contributed by atoms with E-state index in [-0.39, 0.29) is 5.56 Å². The minimum Gasteiger partial charge on any atom is -0.497 e. The van der Waals surface area contributed by atoms with Crippen LogP contribution < -0.4 is 10.3 Å². The van der Waals surface area contributed by atoms with Crippen LogP contribution in [0.5, 0.6) is 5.75 Å². The molecule has 0 unspecified atom stereocenters. The van der Waals surface area contributed by atoms with E-state index in [2.05, 4.69) is 9.97 Å². The maximum atomic E-state index is 13.5. The second-order valence-electron chi connectivity index (χ2n) is 6.04. The van der Waals surface area contributed by atoms with E-state index in [1.165, 1.54) is 11.8 Å². The van der Waals surface area contributed by atoms with Crippen LogP contribution in [0.1, 0.15) is 0 Å². The number of thioether (sulfide) groups is 1. The van der Waals surface area contributed by atoms with E-state index in [9.17, 15) is 4.79 Å². The molecule has 0 saturated carbocycles. The van der Waals surface area contributed by atoms with Crippen molar-refractivity contribution >= 4 is 34.4 Å². The Kier molecular flexibility index (Phi) is 5.07. The first-order valence-corrected chi connectivity index (χ1v) is 10.1. The third-order valence-electron chi connectivity index (χ3n) is 4.39. The summed E-state index contributed by atoms with van der Waals surface area (Å²) in [5, 5.41) is 1.98. The number of rotatable bonds is 4. The van der Waals surface area contributed by atoms with Crippen LogP contribution in [0.4, 0.5) is 0 Å². The van der Waals surface area contributed by atoms with Gasteiger partial charge in [0.25, 0.3) is 5.56 Å². The fourth-order valence-corrected chi connectivity index (χ4v) is 3.45. The molecule has 0 aliphatic rings. The molecule has 0 amide bonds. The predicted molar refractivity (Wildman–Crippen MR) is 114 cm³/mol. The number of nitrogens with zero attached hydrogens (tertiary/aromatic N) is 3. The number of fused-ring (bicyclic) bond motifs is 1. The van der Waals surface area contributed by atoms with E-state index in [1.54, 1.807) is 30.0 Å². The number of halogens is 1. The summed E-state index contributed by atoms with van der Waals surface area (Å²) in [7, 11) is 1.61.